The first-order valence-electron chi connectivity index (χ1n) is 7.17. The standard InChI is InChI=1S/C16H25NO2/c1-13(16-4-3-9-19-12-16)17-10-14-5-7-15(8-6-14)11-18-2/h5-8,13,16-17H,3-4,9-12H2,1-2H3/t13-,16+/m0/s1. The van der Waals surface area contributed by atoms with Gasteiger partial charge in [0, 0.05) is 26.3 Å². The minimum atomic E-state index is 0.513. The molecule has 1 aromatic carbocycles. The van der Waals surface area contributed by atoms with Crippen LogP contribution in [-0.4, -0.2) is 26.4 Å². The van der Waals surface area contributed by atoms with E-state index in [1.54, 1.807) is 7.11 Å². The molecule has 3 nitrogen and oxygen atoms in total. The molecule has 2 rings (SSSR count). The third kappa shape index (κ3) is 4.60. The Balaban J connectivity index is 1.77. The molecular weight excluding hydrogens is 238 g/mol. The maximum absolute atomic E-state index is 5.54. The Bertz CT molecular complexity index is 358. The second-order valence-corrected chi connectivity index (χ2v) is 5.40. The average Bonchev–Trinajstić information content (AvgIpc) is 2.47. The van der Waals surface area contributed by atoms with Crippen LogP contribution in [0.4, 0.5) is 0 Å². The van der Waals surface area contributed by atoms with Crippen LogP contribution in [0.3, 0.4) is 0 Å². The van der Waals surface area contributed by atoms with E-state index in [-0.39, 0.29) is 0 Å². The topological polar surface area (TPSA) is 30.5 Å². The Hall–Kier alpha value is -0.900. The van der Waals surface area contributed by atoms with E-state index in [9.17, 15) is 0 Å². The number of ether oxygens (including phenoxy) is 2. The monoisotopic (exact) mass is 263 g/mol. The van der Waals surface area contributed by atoms with Crippen LogP contribution in [0.1, 0.15) is 30.9 Å². The first kappa shape index (κ1) is 14.5. The molecule has 0 saturated carbocycles. The summed E-state index contributed by atoms with van der Waals surface area (Å²) < 4.78 is 10.7. The molecule has 3 heteroatoms. The molecule has 0 spiro atoms. The minimum absolute atomic E-state index is 0.513. The van der Waals surface area contributed by atoms with Crippen molar-refractivity contribution >= 4 is 0 Å². The Morgan fingerprint density at radius 2 is 2.05 bits per heavy atom. The predicted molar refractivity (Wildman–Crippen MR) is 77.0 cm³/mol. The number of rotatable bonds is 6. The van der Waals surface area contributed by atoms with E-state index in [1.807, 2.05) is 0 Å². The fraction of sp³-hybridized carbons (Fsp3) is 0.625. The van der Waals surface area contributed by atoms with E-state index >= 15 is 0 Å². The first-order valence-corrected chi connectivity index (χ1v) is 7.17. The molecule has 0 radical (unpaired) electrons. The van der Waals surface area contributed by atoms with Crippen LogP contribution < -0.4 is 5.32 Å². The van der Waals surface area contributed by atoms with E-state index < -0.39 is 0 Å². The van der Waals surface area contributed by atoms with Gasteiger partial charge in [-0.05, 0) is 36.8 Å². The van der Waals surface area contributed by atoms with Crippen LogP contribution in [0.2, 0.25) is 0 Å². The second kappa shape index (κ2) is 7.63. The molecular formula is C16H25NO2. The quantitative estimate of drug-likeness (QED) is 0.856. The zero-order chi connectivity index (χ0) is 13.5. The highest BCUT2D eigenvalue weighted by atomic mass is 16.5. The van der Waals surface area contributed by atoms with Crippen molar-refractivity contribution in [3.63, 3.8) is 0 Å². The third-order valence-electron chi connectivity index (χ3n) is 3.86. The smallest absolute Gasteiger partial charge is 0.0713 e. The van der Waals surface area contributed by atoms with Crippen LogP contribution in [0.5, 0.6) is 0 Å². The van der Waals surface area contributed by atoms with E-state index in [0.717, 1.165) is 19.8 Å². The van der Waals surface area contributed by atoms with Crippen molar-refractivity contribution < 1.29 is 9.47 Å². The molecule has 0 aromatic heterocycles. The molecule has 1 heterocycles. The molecule has 1 aliphatic heterocycles. The normalized spacial score (nSPS) is 21.3. The molecule has 1 aliphatic rings. The Labute approximate surface area is 116 Å². The molecule has 0 unspecified atom stereocenters. The van der Waals surface area contributed by atoms with Gasteiger partial charge in [-0.3, -0.25) is 0 Å². The van der Waals surface area contributed by atoms with Crippen molar-refractivity contribution in [2.75, 3.05) is 20.3 Å². The highest BCUT2D eigenvalue weighted by Crippen LogP contribution is 2.17. The number of methoxy groups -OCH3 is 1. The van der Waals surface area contributed by atoms with Gasteiger partial charge >= 0.3 is 0 Å². The molecule has 1 aromatic rings. The molecule has 19 heavy (non-hydrogen) atoms. The van der Waals surface area contributed by atoms with Crippen molar-refractivity contribution in [2.24, 2.45) is 5.92 Å². The van der Waals surface area contributed by atoms with Gasteiger partial charge < -0.3 is 14.8 Å². The molecule has 1 saturated heterocycles. The van der Waals surface area contributed by atoms with Crippen LogP contribution >= 0.6 is 0 Å². The van der Waals surface area contributed by atoms with Gasteiger partial charge in [-0.1, -0.05) is 24.3 Å². The van der Waals surface area contributed by atoms with E-state index in [2.05, 4.69) is 36.5 Å². The summed E-state index contributed by atoms with van der Waals surface area (Å²) in [6.45, 7) is 5.71. The fourth-order valence-corrected chi connectivity index (χ4v) is 2.53. The highest BCUT2D eigenvalue weighted by molar-refractivity contribution is 5.21. The summed E-state index contributed by atoms with van der Waals surface area (Å²) >= 11 is 0. The fourth-order valence-electron chi connectivity index (χ4n) is 2.53. The van der Waals surface area contributed by atoms with Crippen LogP contribution in [0.15, 0.2) is 24.3 Å². The largest absolute Gasteiger partial charge is 0.381 e. The summed E-state index contributed by atoms with van der Waals surface area (Å²) in [5.74, 6) is 0.654. The summed E-state index contributed by atoms with van der Waals surface area (Å²) in [7, 11) is 1.73. The van der Waals surface area contributed by atoms with E-state index in [4.69, 9.17) is 9.47 Å². The lowest BCUT2D eigenvalue weighted by atomic mass is 9.95. The summed E-state index contributed by atoms with van der Waals surface area (Å²) in [6, 6.07) is 9.12. The zero-order valence-electron chi connectivity index (χ0n) is 12.0. The van der Waals surface area contributed by atoms with Gasteiger partial charge in [0.25, 0.3) is 0 Å². The molecule has 2 atom stereocenters. The average molecular weight is 263 g/mol. The van der Waals surface area contributed by atoms with E-state index in [0.29, 0.717) is 18.6 Å². The lowest BCUT2D eigenvalue weighted by Gasteiger charge is -2.28. The van der Waals surface area contributed by atoms with Gasteiger partial charge in [-0.2, -0.15) is 0 Å². The lowest BCUT2D eigenvalue weighted by Crippen LogP contribution is -2.37. The molecule has 0 aliphatic carbocycles. The molecule has 0 bridgehead atoms. The Morgan fingerprint density at radius 1 is 1.32 bits per heavy atom. The second-order valence-electron chi connectivity index (χ2n) is 5.40. The number of benzene rings is 1. The maximum Gasteiger partial charge on any atom is 0.0713 e. The van der Waals surface area contributed by atoms with Crippen molar-refractivity contribution in [1.29, 1.82) is 0 Å². The van der Waals surface area contributed by atoms with Gasteiger partial charge in [-0.25, -0.2) is 0 Å². The van der Waals surface area contributed by atoms with Crippen molar-refractivity contribution in [1.82, 2.24) is 5.32 Å². The number of nitrogens with one attached hydrogen (secondary N) is 1. The van der Waals surface area contributed by atoms with Gasteiger partial charge in [0.05, 0.1) is 13.2 Å². The summed E-state index contributed by atoms with van der Waals surface area (Å²) in [5.41, 5.74) is 2.54. The predicted octanol–water partition coefficient (Wildman–Crippen LogP) is 2.74. The Morgan fingerprint density at radius 3 is 2.68 bits per heavy atom. The van der Waals surface area contributed by atoms with Gasteiger partial charge in [0.1, 0.15) is 0 Å². The maximum atomic E-state index is 5.54. The number of hydrogen-bond acceptors (Lipinski definition) is 3. The molecule has 0 amide bonds. The molecule has 106 valence electrons. The van der Waals surface area contributed by atoms with Crippen molar-refractivity contribution in [3.8, 4) is 0 Å². The SMILES string of the molecule is COCc1ccc(CN[C@@H](C)[C@@H]2CCCOC2)cc1. The van der Waals surface area contributed by atoms with Gasteiger partial charge in [0.2, 0.25) is 0 Å². The summed E-state index contributed by atoms with van der Waals surface area (Å²) in [5, 5.41) is 3.61. The molecule has 1 N–H and O–H groups in total. The van der Waals surface area contributed by atoms with Crippen LogP contribution in [0.25, 0.3) is 0 Å². The van der Waals surface area contributed by atoms with Gasteiger partial charge in [0.15, 0.2) is 0 Å². The number of hydrogen-bond donors (Lipinski definition) is 1. The summed E-state index contributed by atoms with van der Waals surface area (Å²) in [6.07, 6.45) is 2.48. The van der Waals surface area contributed by atoms with Crippen LogP contribution in [0, 0.1) is 5.92 Å². The van der Waals surface area contributed by atoms with Crippen molar-refractivity contribution in [3.05, 3.63) is 35.4 Å². The van der Waals surface area contributed by atoms with E-state index in [1.165, 1.54) is 24.0 Å². The lowest BCUT2D eigenvalue weighted by molar-refractivity contribution is 0.0417. The zero-order valence-corrected chi connectivity index (χ0v) is 12.0. The first-order chi connectivity index (χ1) is 9.29. The van der Waals surface area contributed by atoms with Gasteiger partial charge in [-0.15, -0.1) is 0 Å². The van der Waals surface area contributed by atoms with Crippen LogP contribution in [-0.2, 0) is 22.6 Å². The molecule has 1 fully saturated rings. The Kier molecular flexibility index (Phi) is 5.83. The third-order valence-corrected chi connectivity index (χ3v) is 3.86. The minimum Gasteiger partial charge on any atom is -0.381 e. The summed E-state index contributed by atoms with van der Waals surface area (Å²) in [4.78, 5) is 0. The highest BCUT2D eigenvalue weighted by Gasteiger charge is 2.19. The van der Waals surface area contributed by atoms with Crippen molar-refractivity contribution in [2.45, 2.75) is 39.0 Å².